The maximum Gasteiger partial charge on any atom is 0.433 e. The standard InChI is InChI=1S/C33H34Cl2F6N8O3/c1-17-20(5-6-26(35)43-17)21-12-32(21,7-8-34)29(52)44-24(9-18-13-42-48(14-18)30(37)38)27(50)45-31(2,3)16-49-25(33(39,40)41)11-23(46-49)19-10-22(36)28(51)47(4)15-19/h5-6,10-11,13-15,21,24,30H,7-9,12,16H2,1-4H3,(H,44,52)(H,45,50)/t21-,24-,32+/m1/s1. The van der Waals surface area contributed by atoms with Crippen LogP contribution in [0.4, 0.5) is 26.3 Å². The molecule has 19 heteroatoms. The molecule has 1 aliphatic rings. The van der Waals surface area contributed by atoms with Gasteiger partial charge in [-0.2, -0.15) is 32.1 Å². The average molecular weight is 776 g/mol. The van der Waals surface area contributed by atoms with Crippen LogP contribution in [0.1, 0.15) is 61.7 Å². The highest BCUT2D eigenvalue weighted by atomic mass is 35.5. The second-order valence-corrected chi connectivity index (χ2v) is 14.2. The number of amides is 2. The molecule has 0 aromatic carbocycles. The first-order valence-electron chi connectivity index (χ1n) is 15.9. The molecule has 52 heavy (non-hydrogen) atoms. The van der Waals surface area contributed by atoms with Gasteiger partial charge in [-0.1, -0.05) is 17.7 Å². The van der Waals surface area contributed by atoms with E-state index in [4.69, 9.17) is 23.2 Å². The van der Waals surface area contributed by atoms with Crippen molar-refractivity contribution in [3.8, 4) is 11.3 Å². The summed E-state index contributed by atoms with van der Waals surface area (Å²) in [7, 11) is 1.24. The Hall–Kier alpha value is -4.38. The third kappa shape index (κ3) is 8.30. The molecule has 0 bridgehead atoms. The molecule has 4 aromatic heterocycles. The molecule has 0 radical (unpaired) electrons. The van der Waals surface area contributed by atoms with E-state index in [1.165, 1.54) is 20.9 Å². The van der Waals surface area contributed by atoms with E-state index in [0.29, 0.717) is 27.5 Å². The number of hydrogen-bond acceptors (Lipinski definition) is 6. The molecule has 0 spiro atoms. The van der Waals surface area contributed by atoms with Crippen LogP contribution in [0.2, 0.25) is 5.15 Å². The van der Waals surface area contributed by atoms with Crippen LogP contribution in [-0.4, -0.2) is 58.4 Å². The van der Waals surface area contributed by atoms with E-state index in [2.05, 4.69) is 25.8 Å². The Kier molecular flexibility index (Phi) is 10.9. The number of nitrogens with zero attached hydrogens (tertiary/aromatic N) is 6. The van der Waals surface area contributed by atoms with Gasteiger partial charge >= 0.3 is 12.7 Å². The van der Waals surface area contributed by atoms with Crippen LogP contribution in [0, 0.1) is 18.2 Å². The van der Waals surface area contributed by atoms with Crippen molar-refractivity contribution in [1.29, 1.82) is 0 Å². The van der Waals surface area contributed by atoms with Crippen molar-refractivity contribution in [2.45, 2.75) is 76.8 Å². The number of pyridine rings is 2. The summed E-state index contributed by atoms with van der Waals surface area (Å²) in [6.07, 6.45) is -1.33. The van der Waals surface area contributed by atoms with Crippen molar-refractivity contribution in [3.05, 3.63) is 86.7 Å². The van der Waals surface area contributed by atoms with Crippen molar-refractivity contribution in [3.63, 3.8) is 0 Å². The Morgan fingerprint density at radius 1 is 1.15 bits per heavy atom. The minimum Gasteiger partial charge on any atom is -0.348 e. The summed E-state index contributed by atoms with van der Waals surface area (Å²) in [5.74, 6) is -2.76. The number of nitrogens with one attached hydrogen (secondary N) is 2. The SMILES string of the molecule is Cc1nc(Cl)ccc1[C@H]1C[C@]1(CCCl)C(=O)N[C@H](Cc1cnn(C(F)F)c1)C(=O)NC(C)(C)Cn1nc(-c2cc(F)c(=O)n(C)c2)cc1C(F)(F)F. The zero-order chi connectivity index (χ0) is 38.3. The molecule has 280 valence electrons. The van der Waals surface area contributed by atoms with Crippen LogP contribution >= 0.6 is 23.2 Å². The van der Waals surface area contributed by atoms with Crippen LogP contribution in [0.25, 0.3) is 11.3 Å². The zero-order valence-electron chi connectivity index (χ0n) is 28.2. The van der Waals surface area contributed by atoms with Crippen LogP contribution in [0.3, 0.4) is 0 Å². The maximum absolute atomic E-state index is 14.2. The van der Waals surface area contributed by atoms with Gasteiger partial charge in [0.25, 0.3) is 5.56 Å². The van der Waals surface area contributed by atoms with Crippen LogP contribution < -0.4 is 16.2 Å². The van der Waals surface area contributed by atoms with Crippen LogP contribution in [0.5, 0.6) is 0 Å². The van der Waals surface area contributed by atoms with Gasteiger partial charge < -0.3 is 15.2 Å². The smallest absolute Gasteiger partial charge is 0.348 e. The summed E-state index contributed by atoms with van der Waals surface area (Å²) in [5, 5.41) is 13.3. The van der Waals surface area contributed by atoms with Gasteiger partial charge in [0.15, 0.2) is 5.82 Å². The number of alkyl halides is 6. The van der Waals surface area contributed by atoms with E-state index in [9.17, 15) is 40.7 Å². The number of carbonyl (C=O) groups is 2. The summed E-state index contributed by atoms with van der Waals surface area (Å²) in [6, 6.07) is 3.44. The Labute approximate surface area is 303 Å². The Morgan fingerprint density at radius 2 is 1.87 bits per heavy atom. The predicted octanol–water partition coefficient (Wildman–Crippen LogP) is 5.78. The van der Waals surface area contributed by atoms with E-state index in [1.54, 1.807) is 19.1 Å². The van der Waals surface area contributed by atoms with Crippen molar-refractivity contribution in [1.82, 2.24) is 39.7 Å². The van der Waals surface area contributed by atoms with Gasteiger partial charge in [-0.3, -0.25) is 19.1 Å². The highest BCUT2D eigenvalue weighted by Gasteiger charge is 2.60. The number of aromatic nitrogens is 6. The monoisotopic (exact) mass is 774 g/mol. The first kappa shape index (κ1) is 38.8. The van der Waals surface area contributed by atoms with Gasteiger partial charge in [-0.15, -0.1) is 11.6 Å². The molecule has 0 saturated heterocycles. The number of hydrogen-bond donors (Lipinski definition) is 2. The number of carbonyl (C=O) groups excluding carboxylic acids is 2. The first-order chi connectivity index (χ1) is 24.2. The quantitative estimate of drug-likeness (QED) is 0.101. The van der Waals surface area contributed by atoms with Crippen molar-refractivity contribution in [2.24, 2.45) is 12.5 Å². The normalized spacial score (nSPS) is 18.1. The maximum atomic E-state index is 14.2. The third-order valence-corrected chi connectivity index (χ3v) is 9.36. The predicted molar refractivity (Wildman–Crippen MR) is 178 cm³/mol. The average Bonchev–Trinajstić information content (AvgIpc) is 3.34. The van der Waals surface area contributed by atoms with E-state index in [-0.39, 0.29) is 46.6 Å². The van der Waals surface area contributed by atoms with Gasteiger partial charge in [-0.25, -0.2) is 14.1 Å². The minimum absolute atomic E-state index is 0.0911. The highest BCUT2D eigenvalue weighted by molar-refractivity contribution is 6.29. The van der Waals surface area contributed by atoms with E-state index >= 15 is 0 Å². The molecular formula is C33H34Cl2F6N8O3. The largest absolute Gasteiger partial charge is 0.433 e. The lowest BCUT2D eigenvalue weighted by atomic mass is 9.93. The molecule has 11 nitrogen and oxygen atoms in total. The highest BCUT2D eigenvalue weighted by Crippen LogP contribution is 2.62. The van der Waals surface area contributed by atoms with E-state index in [0.717, 1.165) is 34.8 Å². The Balaban J connectivity index is 1.42. The van der Waals surface area contributed by atoms with Crippen LogP contribution in [0.15, 0.2) is 47.7 Å². The summed E-state index contributed by atoms with van der Waals surface area (Å²) in [6.45, 7) is 1.08. The third-order valence-electron chi connectivity index (χ3n) is 8.97. The fraction of sp³-hybridized carbons (Fsp3) is 0.455. The molecule has 4 heterocycles. The van der Waals surface area contributed by atoms with Crippen LogP contribution in [-0.2, 0) is 35.8 Å². The minimum atomic E-state index is -4.92. The molecule has 3 atom stereocenters. The fourth-order valence-corrected chi connectivity index (χ4v) is 6.85. The summed E-state index contributed by atoms with van der Waals surface area (Å²) >= 11 is 12.1. The van der Waals surface area contributed by atoms with Gasteiger partial charge in [0.2, 0.25) is 11.8 Å². The Bertz CT molecular complexity index is 2020. The lowest BCUT2D eigenvalue weighted by Crippen LogP contribution is -2.56. The van der Waals surface area contributed by atoms with E-state index in [1.807, 2.05) is 0 Å². The second kappa shape index (κ2) is 14.6. The first-order valence-corrected chi connectivity index (χ1v) is 16.8. The summed E-state index contributed by atoms with van der Waals surface area (Å²) < 4.78 is 85.2. The molecule has 5 rings (SSSR count). The Morgan fingerprint density at radius 3 is 2.46 bits per heavy atom. The second-order valence-electron chi connectivity index (χ2n) is 13.4. The molecular weight excluding hydrogens is 741 g/mol. The number of aryl methyl sites for hydroxylation is 2. The molecule has 1 aliphatic carbocycles. The molecule has 1 saturated carbocycles. The van der Waals surface area contributed by atoms with Gasteiger partial charge in [0.1, 0.15) is 16.9 Å². The molecule has 2 N–H and O–H groups in total. The fourth-order valence-electron chi connectivity index (χ4n) is 6.32. The lowest BCUT2D eigenvalue weighted by Gasteiger charge is -2.30. The molecule has 1 fully saturated rings. The molecule has 4 aromatic rings. The summed E-state index contributed by atoms with van der Waals surface area (Å²) in [5.41, 5.74) is -3.50. The lowest BCUT2D eigenvalue weighted by molar-refractivity contribution is -0.144. The topological polar surface area (TPSA) is 129 Å². The molecule has 0 aliphatic heterocycles. The number of halogens is 8. The van der Waals surface area contributed by atoms with E-state index < -0.39 is 65.2 Å². The molecule has 2 amide bonds. The van der Waals surface area contributed by atoms with Gasteiger partial charge in [0.05, 0.1) is 29.4 Å². The zero-order valence-corrected chi connectivity index (χ0v) is 29.8. The number of rotatable bonds is 13. The van der Waals surface area contributed by atoms with Crippen molar-refractivity contribution in [2.75, 3.05) is 5.88 Å². The van der Waals surface area contributed by atoms with Gasteiger partial charge in [-0.05, 0) is 62.9 Å². The van der Waals surface area contributed by atoms with Gasteiger partial charge in [0, 0.05) is 48.9 Å². The van der Waals surface area contributed by atoms with Crippen molar-refractivity contribution >= 4 is 35.0 Å². The molecule has 0 unspecified atom stereocenters. The van der Waals surface area contributed by atoms with Crippen molar-refractivity contribution < 1.29 is 35.9 Å². The summed E-state index contributed by atoms with van der Waals surface area (Å²) in [4.78, 5) is 44.0.